The highest BCUT2D eigenvalue weighted by Gasteiger charge is 2.11. The van der Waals surface area contributed by atoms with Crippen molar-refractivity contribution in [2.45, 2.75) is 19.4 Å². The van der Waals surface area contributed by atoms with Gasteiger partial charge in [-0.1, -0.05) is 66.0 Å². The molecule has 1 nitrogen and oxygen atoms in total. The number of benzene rings is 2. The van der Waals surface area contributed by atoms with Crippen LogP contribution in [0.4, 0.5) is 0 Å². The van der Waals surface area contributed by atoms with Crippen LogP contribution in [0, 0.1) is 0 Å². The van der Waals surface area contributed by atoms with Gasteiger partial charge >= 0.3 is 0 Å². The second-order valence-corrected chi connectivity index (χ2v) is 5.63. The highest BCUT2D eigenvalue weighted by molar-refractivity contribution is 6.41. The maximum Gasteiger partial charge on any atom is 0.0514 e. The number of halogens is 3. The fourth-order valence-electron chi connectivity index (χ4n) is 1.95. The van der Waals surface area contributed by atoms with Crippen LogP contribution in [0.3, 0.4) is 0 Å². The Labute approximate surface area is 128 Å². The summed E-state index contributed by atoms with van der Waals surface area (Å²) in [4.78, 5) is 0. The highest BCUT2D eigenvalue weighted by atomic mass is 35.5. The first-order valence-corrected chi connectivity index (χ1v) is 7.16. The van der Waals surface area contributed by atoms with Gasteiger partial charge in [-0.3, -0.25) is 0 Å². The molecule has 0 saturated heterocycles. The maximum atomic E-state index is 6.21. The minimum absolute atomic E-state index is 0.0604. The summed E-state index contributed by atoms with van der Waals surface area (Å²) in [6.45, 7) is 2.06. The van der Waals surface area contributed by atoms with Gasteiger partial charge in [0.2, 0.25) is 0 Å². The largest absolute Gasteiger partial charge is 0.324 e. The van der Waals surface area contributed by atoms with Crippen LogP contribution in [0.25, 0.3) is 11.1 Å². The molecule has 2 rings (SSSR count). The third kappa shape index (κ3) is 3.24. The zero-order valence-electron chi connectivity index (χ0n) is 10.5. The first kappa shape index (κ1) is 14.7. The van der Waals surface area contributed by atoms with Gasteiger partial charge in [0.15, 0.2) is 0 Å². The van der Waals surface area contributed by atoms with Crippen molar-refractivity contribution in [1.29, 1.82) is 0 Å². The first-order valence-electron chi connectivity index (χ1n) is 6.03. The third-order valence-electron chi connectivity index (χ3n) is 3.07. The van der Waals surface area contributed by atoms with Gasteiger partial charge in [-0.05, 0) is 29.7 Å². The quantitative estimate of drug-likeness (QED) is 0.770. The number of nitrogens with two attached hydrogens (primary N) is 1. The molecule has 0 aliphatic carbocycles. The SMILES string of the molecule is CCC(N)c1ccc(-c2c(Cl)cc(Cl)cc2Cl)cc1. The molecular formula is C15H14Cl3N. The minimum atomic E-state index is 0.0604. The average molecular weight is 315 g/mol. The van der Waals surface area contributed by atoms with Crippen LogP contribution in [0.5, 0.6) is 0 Å². The van der Waals surface area contributed by atoms with Gasteiger partial charge in [0.05, 0.1) is 10.0 Å². The van der Waals surface area contributed by atoms with Gasteiger partial charge in [0.25, 0.3) is 0 Å². The molecule has 2 aromatic carbocycles. The van der Waals surface area contributed by atoms with E-state index in [2.05, 4.69) is 6.92 Å². The fourth-order valence-corrected chi connectivity index (χ4v) is 2.99. The van der Waals surface area contributed by atoms with E-state index in [1.165, 1.54) is 0 Å². The molecule has 19 heavy (non-hydrogen) atoms. The molecule has 0 radical (unpaired) electrons. The Kier molecular flexibility index (Phi) is 4.75. The van der Waals surface area contributed by atoms with Crippen LogP contribution in [-0.2, 0) is 0 Å². The monoisotopic (exact) mass is 313 g/mol. The molecule has 4 heteroatoms. The van der Waals surface area contributed by atoms with E-state index < -0.39 is 0 Å². The predicted molar refractivity (Wildman–Crippen MR) is 84.1 cm³/mol. The molecule has 0 amide bonds. The van der Waals surface area contributed by atoms with Crippen molar-refractivity contribution in [2.75, 3.05) is 0 Å². The molecule has 0 spiro atoms. The standard InChI is InChI=1S/C15H14Cl3N/c1-2-14(19)9-3-5-10(6-4-9)15-12(17)7-11(16)8-13(15)18/h3-8,14H,2,19H2,1H3. The third-order valence-corrected chi connectivity index (χ3v) is 3.89. The maximum absolute atomic E-state index is 6.21. The summed E-state index contributed by atoms with van der Waals surface area (Å²) in [5, 5.41) is 1.62. The lowest BCUT2D eigenvalue weighted by Crippen LogP contribution is -2.08. The van der Waals surface area contributed by atoms with Crippen LogP contribution in [-0.4, -0.2) is 0 Å². The summed E-state index contributed by atoms with van der Waals surface area (Å²) >= 11 is 18.3. The van der Waals surface area contributed by atoms with Gasteiger partial charge in [-0.15, -0.1) is 0 Å². The molecule has 0 fully saturated rings. The number of hydrogen-bond acceptors (Lipinski definition) is 1. The van der Waals surface area contributed by atoms with Crippen molar-refractivity contribution >= 4 is 34.8 Å². The Hall–Kier alpha value is -0.730. The lowest BCUT2D eigenvalue weighted by molar-refractivity contribution is 0.699. The number of rotatable bonds is 3. The first-order chi connectivity index (χ1) is 9.02. The second-order valence-electron chi connectivity index (χ2n) is 4.38. The molecule has 0 bridgehead atoms. The molecule has 100 valence electrons. The molecule has 2 aromatic rings. The lowest BCUT2D eigenvalue weighted by atomic mass is 10.00. The average Bonchev–Trinajstić information content (AvgIpc) is 2.37. The topological polar surface area (TPSA) is 26.0 Å². The molecular weight excluding hydrogens is 301 g/mol. The van der Waals surface area contributed by atoms with E-state index in [0.29, 0.717) is 15.1 Å². The molecule has 0 heterocycles. The van der Waals surface area contributed by atoms with Gasteiger partial charge in [0.1, 0.15) is 0 Å². The van der Waals surface area contributed by atoms with E-state index >= 15 is 0 Å². The van der Waals surface area contributed by atoms with Crippen LogP contribution < -0.4 is 5.73 Å². The lowest BCUT2D eigenvalue weighted by Gasteiger charge is -2.12. The summed E-state index contributed by atoms with van der Waals surface area (Å²) in [5.41, 5.74) is 8.85. The van der Waals surface area contributed by atoms with E-state index in [1.807, 2.05) is 24.3 Å². The zero-order chi connectivity index (χ0) is 14.0. The fraction of sp³-hybridized carbons (Fsp3) is 0.200. The minimum Gasteiger partial charge on any atom is -0.324 e. The van der Waals surface area contributed by atoms with Crippen molar-refractivity contribution in [1.82, 2.24) is 0 Å². The van der Waals surface area contributed by atoms with E-state index in [0.717, 1.165) is 23.1 Å². The van der Waals surface area contributed by atoms with Crippen LogP contribution in [0.15, 0.2) is 36.4 Å². The summed E-state index contributed by atoms with van der Waals surface area (Å²) in [6, 6.07) is 11.4. The van der Waals surface area contributed by atoms with Gasteiger partial charge in [0, 0.05) is 16.6 Å². The molecule has 0 aliphatic heterocycles. The summed E-state index contributed by atoms with van der Waals surface area (Å²) in [5.74, 6) is 0. The second kappa shape index (κ2) is 6.15. The van der Waals surface area contributed by atoms with Crippen molar-refractivity contribution in [3.05, 3.63) is 57.0 Å². The summed E-state index contributed by atoms with van der Waals surface area (Å²) in [6.07, 6.45) is 0.905. The highest BCUT2D eigenvalue weighted by Crippen LogP contribution is 2.37. The number of hydrogen-bond donors (Lipinski definition) is 1. The van der Waals surface area contributed by atoms with Crippen molar-refractivity contribution in [3.63, 3.8) is 0 Å². The Morgan fingerprint density at radius 3 is 2.00 bits per heavy atom. The van der Waals surface area contributed by atoms with Crippen LogP contribution >= 0.6 is 34.8 Å². The Balaban J connectivity index is 2.43. The Morgan fingerprint density at radius 2 is 1.53 bits per heavy atom. The van der Waals surface area contributed by atoms with Gasteiger partial charge in [-0.2, -0.15) is 0 Å². The van der Waals surface area contributed by atoms with Gasteiger partial charge in [-0.25, -0.2) is 0 Å². The molecule has 1 unspecified atom stereocenters. The molecule has 2 N–H and O–H groups in total. The molecule has 1 atom stereocenters. The normalized spacial score (nSPS) is 12.5. The van der Waals surface area contributed by atoms with E-state index in [9.17, 15) is 0 Å². The van der Waals surface area contributed by atoms with Crippen molar-refractivity contribution in [2.24, 2.45) is 5.73 Å². The summed E-state index contributed by atoms with van der Waals surface area (Å²) in [7, 11) is 0. The Bertz CT molecular complexity index is 555. The van der Waals surface area contributed by atoms with E-state index in [-0.39, 0.29) is 6.04 Å². The van der Waals surface area contributed by atoms with E-state index in [1.54, 1.807) is 12.1 Å². The zero-order valence-corrected chi connectivity index (χ0v) is 12.7. The molecule has 0 aliphatic rings. The van der Waals surface area contributed by atoms with E-state index in [4.69, 9.17) is 40.5 Å². The van der Waals surface area contributed by atoms with Crippen LogP contribution in [0.2, 0.25) is 15.1 Å². The Morgan fingerprint density at radius 1 is 1.00 bits per heavy atom. The predicted octanol–water partition coefficient (Wildman–Crippen LogP) is 5.72. The molecule has 0 aromatic heterocycles. The van der Waals surface area contributed by atoms with Crippen LogP contribution in [0.1, 0.15) is 24.9 Å². The van der Waals surface area contributed by atoms with Gasteiger partial charge < -0.3 is 5.73 Å². The summed E-state index contributed by atoms with van der Waals surface area (Å²) < 4.78 is 0. The van der Waals surface area contributed by atoms with Crippen molar-refractivity contribution in [3.8, 4) is 11.1 Å². The van der Waals surface area contributed by atoms with Crippen molar-refractivity contribution < 1.29 is 0 Å². The molecule has 0 saturated carbocycles. The smallest absolute Gasteiger partial charge is 0.0514 e.